The average Bonchev–Trinajstić information content (AvgIpc) is 2.16. The SMILES string of the molecule is CCC(=O)OC[C@@H]1CCCNC1. The summed E-state index contributed by atoms with van der Waals surface area (Å²) < 4.78 is 5.05. The zero-order valence-electron chi connectivity index (χ0n) is 7.64. The van der Waals surface area contributed by atoms with Gasteiger partial charge < -0.3 is 10.1 Å². The van der Waals surface area contributed by atoms with Crippen molar-refractivity contribution in [1.29, 1.82) is 0 Å². The summed E-state index contributed by atoms with van der Waals surface area (Å²) in [5.41, 5.74) is 0. The minimum absolute atomic E-state index is 0.0828. The fourth-order valence-corrected chi connectivity index (χ4v) is 1.38. The number of piperidine rings is 1. The van der Waals surface area contributed by atoms with E-state index in [1.54, 1.807) is 0 Å². The van der Waals surface area contributed by atoms with Crippen molar-refractivity contribution in [3.8, 4) is 0 Å². The van der Waals surface area contributed by atoms with Crippen LogP contribution in [0.15, 0.2) is 0 Å². The van der Waals surface area contributed by atoms with E-state index in [1.165, 1.54) is 12.8 Å². The highest BCUT2D eigenvalue weighted by Crippen LogP contribution is 2.10. The van der Waals surface area contributed by atoms with Gasteiger partial charge in [0.05, 0.1) is 6.61 Å². The van der Waals surface area contributed by atoms with Crippen molar-refractivity contribution < 1.29 is 9.53 Å². The molecule has 3 heteroatoms. The van der Waals surface area contributed by atoms with E-state index < -0.39 is 0 Å². The van der Waals surface area contributed by atoms with Gasteiger partial charge in [0.25, 0.3) is 0 Å². The average molecular weight is 171 g/mol. The summed E-state index contributed by atoms with van der Waals surface area (Å²) >= 11 is 0. The van der Waals surface area contributed by atoms with Crippen LogP contribution in [0.1, 0.15) is 26.2 Å². The van der Waals surface area contributed by atoms with Crippen molar-refractivity contribution in [2.45, 2.75) is 26.2 Å². The Morgan fingerprint density at radius 3 is 3.08 bits per heavy atom. The topological polar surface area (TPSA) is 38.3 Å². The van der Waals surface area contributed by atoms with E-state index in [-0.39, 0.29) is 5.97 Å². The van der Waals surface area contributed by atoms with E-state index in [9.17, 15) is 4.79 Å². The summed E-state index contributed by atoms with van der Waals surface area (Å²) in [6, 6.07) is 0. The first-order valence-electron chi connectivity index (χ1n) is 4.69. The Balaban J connectivity index is 2.09. The van der Waals surface area contributed by atoms with Crippen LogP contribution in [0.5, 0.6) is 0 Å². The molecule has 0 aromatic rings. The lowest BCUT2D eigenvalue weighted by Gasteiger charge is -2.21. The lowest BCUT2D eigenvalue weighted by atomic mass is 10.0. The summed E-state index contributed by atoms with van der Waals surface area (Å²) in [4.78, 5) is 10.8. The van der Waals surface area contributed by atoms with Crippen LogP contribution in [0, 0.1) is 5.92 Å². The predicted octanol–water partition coefficient (Wildman–Crippen LogP) is 0.939. The second-order valence-electron chi connectivity index (χ2n) is 3.25. The number of esters is 1. The van der Waals surface area contributed by atoms with Crippen molar-refractivity contribution in [2.75, 3.05) is 19.7 Å². The molecule has 0 radical (unpaired) electrons. The van der Waals surface area contributed by atoms with E-state index in [0.717, 1.165) is 13.1 Å². The summed E-state index contributed by atoms with van der Waals surface area (Å²) in [5.74, 6) is 0.454. The maximum absolute atomic E-state index is 10.8. The molecule has 0 aliphatic carbocycles. The molecule has 1 rings (SSSR count). The van der Waals surface area contributed by atoms with Crippen LogP contribution >= 0.6 is 0 Å². The van der Waals surface area contributed by atoms with Gasteiger partial charge in [-0.3, -0.25) is 4.79 Å². The molecular formula is C9H17NO2. The van der Waals surface area contributed by atoms with E-state index >= 15 is 0 Å². The lowest BCUT2D eigenvalue weighted by molar-refractivity contribution is -0.144. The van der Waals surface area contributed by atoms with Crippen molar-refractivity contribution >= 4 is 5.97 Å². The molecule has 1 aliphatic heterocycles. The van der Waals surface area contributed by atoms with Crippen LogP contribution in [-0.4, -0.2) is 25.7 Å². The molecule has 12 heavy (non-hydrogen) atoms. The Kier molecular flexibility index (Phi) is 4.08. The molecule has 1 saturated heterocycles. The fourth-order valence-electron chi connectivity index (χ4n) is 1.38. The van der Waals surface area contributed by atoms with E-state index in [1.807, 2.05) is 6.92 Å². The van der Waals surface area contributed by atoms with Crippen LogP contribution in [0.3, 0.4) is 0 Å². The molecule has 1 atom stereocenters. The van der Waals surface area contributed by atoms with Gasteiger partial charge in [-0.2, -0.15) is 0 Å². The Morgan fingerprint density at radius 1 is 1.67 bits per heavy atom. The molecule has 1 heterocycles. The second-order valence-corrected chi connectivity index (χ2v) is 3.25. The zero-order valence-corrected chi connectivity index (χ0v) is 7.64. The maximum atomic E-state index is 10.8. The quantitative estimate of drug-likeness (QED) is 0.642. The van der Waals surface area contributed by atoms with Crippen LogP contribution in [0.4, 0.5) is 0 Å². The van der Waals surface area contributed by atoms with Gasteiger partial charge in [0, 0.05) is 18.9 Å². The van der Waals surface area contributed by atoms with Crippen LogP contribution in [0.2, 0.25) is 0 Å². The van der Waals surface area contributed by atoms with E-state index in [4.69, 9.17) is 4.74 Å². The number of nitrogens with one attached hydrogen (secondary N) is 1. The van der Waals surface area contributed by atoms with E-state index in [0.29, 0.717) is 18.9 Å². The third-order valence-corrected chi connectivity index (χ3v) is 2.17. The highest BCUT2D eigenvalue weighted by molar-refractivity contribution is 5.68. The summed E-state index contributed by atoms with van der Waals surface area (Å²) in [6.45, 7) is 4.52. The van der Waals surface area contributed by atoms with Gasteiger partial charge in [-0.25, -0.2) is 0 Å². The molecule has 0 amide bonds. The molecule has 3 nitrogen and oxygen atoms in total. The highest BCUT2D eigenvalue weighted by Gasteiger charge is 2.14. The highest BCUT2D eigenvalue weighted by atomic mass is 16.5. The predicted molar refractivity (Wildman–Crippen MR) is 46.8 cm³/mol. The first-order chi connectivity index (χ1) is 5.83. The number of rotatable bonds is 3. The largest absolute Gasteiger partial charge is 0.465 e. The minimum Gasteiger partial charge on any atom is -0.465 e. The molecule has 0 aromatic heterocycles. The van der Waals surface area contributed by atoms with Crippen molar-refractivity contribution in [1.82, 2.24) is 5.32 Å². The Labute approximate surface area is 73.5 Å². The smallest absolute Gasteiger partial charge is 0.305 e. The molecule has 1 N–H and O–H groups in total. The van der Waals surface area contributed by atoms with Crippen molar-refractivity contribution in [3.05, 3.63) is 0 Å². The molecule has 0 saturated carbocycles. The number of hydrogen-bond donors (Lipinski definition) is 1. The maximum Gasteiger partial charge on any atom is 0.305 e. The molecular weight excluding hydrogens is 154 g/mol. The molecule has 0 spiro atoms. The number of carbonyl (C=O) groups is 1. The first-order valence-corrected chi connectivity index (χ1v) is 4.69. The Bertz CT molecular complexity index is 141. The number of carbonyl (C=O) groups excluding carboxylic acids is 1. The number of ether oxygens (including phenoxy) is 1. The number of hydrogen-bond acceptors (Lipinski definition) is 3. The molecule has 0 aromatic carbocycles. The van der Waals surface area contributed by atoms with E-state index in [2.05, 4.69) is 5.32 Å². The van der Waals surface area contributed by atoms with Crippen LogP contribution in [0.25, 0.3) is 0 Å². The standard InChI is InChI=1S/C9H17NO2/c1-2-9(11)12-7-8-4-3-5-10-6-8/h8,10H,2-7H2,1H3/t8-/m1/s1. The van der Waals surface area contributed by atoms with Crippen LogP contribution < -0.4 is 5.32 Å². The Morgan fingerprint density at radius 2 is 2.50 bits per heavy atom. The molecule has 0 unspecified atom stereocenters. The van der Waals surface area contributed by atoms with Gasteiger partial charge in [0.15, 0.2) is 0 Å². The van der Waals surface area contributed by atoms with Gasteiger partial charge in [-0.05, 0) is 19.4 Å². The zero-order chi connectivity index (χ0) is 8.81. The summed E-state index contributed by atoms with van der Waals surface area (Å²) in [6.07, 6.45) is 2.87. The first kappa shape index (κ1) is 9.52. The van der Waals surface area contributed by atoms with Crippen LogP contribution in [-0.2, 0) is 9.53 Å². The van der Waals surface area contributed by atoms with Crippen molar-refractivity contribution in [3.63, 3.8) is 0 Å². The van der Waals surface area contributed by atoms with Gasteiger partial charge in [-0.1, -0.05) is 6.92 Å². The minimum atomic E-state index is -0.0828. The second kappa shape index (κ2) is 5.14. The van der Waals surface area contributed by atoms with Gasteiger partial charge in [0.2, 0.25) is 0 Å². The Hall–Kier alpha value is -0.570. The molecule has 1 aliphatic rings. The molecule has 0 bridgehead atoms. The molecule has 1 fully saturated rings. The van der Waals surface area contributed by atoms with Gasteiger partial charge in [0.1, 0.15) is 0 Å². The lowest BCUT2D eigenvalue weighted by Crippen LogP contribution is -2.32. The van der Waals surface area contributed by atoms with Gasteiger partial charge >= 0.3 is 5.97 Å². The molecule has 70 valence electrons. The normalized spacial score (nSPS) is 23.6. The van der Waals surface area contributed by atoms with Gasteiger partial charge in [-0.15, -0.1) is 0 Å². The summed E-state index contributed by atoms with van der Waals surface area (Å²) in [5, 5.41) is 3.29. The third-order valence-electron chi connectivity index (χ3n) is 2.17. The summed E-state index contributed by atoms with van der Waals surface area (Å²) in [7, 11) is 0. The monoisotopic (exact) mass is 171 g/mol. The fraction of sp³-hybridized carbons (Fsp3) is 0.889. The third kappa shape index (κ3) is 3.22. The van der Waals surface area contributed by atoms with Crippen molar-refractivity contribution in [2.24, 2.45) is 5.92 Å².